The normalized spacial score (nSPS) is 15.3. The van der Waals surface area contributed by atoms with E-state index in [9.17, 15) is 9.59 Å². The van der Waals surface area contributed by atoms with Gasteiger partial charge in [0.2, 0.25) is 5.91 Å². The number of benzene rings is 1. The van der Waals surface area contributed by atoms with E-state index in [1.54, 1.807) is 17.0 Å². The fourth-order valence-electron chi connectivity index (χ4n) is 4.33. The predicted molar refractivity (Wildman–Crippen MR) is 137 cm³/mol. The number of nitrogens with one attached hydrogen (secondary N) is 1. The summed E-state index contributed by atoms with van der Waals surface area (Å²) >= 11 is 1.38. The number of nitrogens with zero attached hydrogens (tertiary/aromatic N) is 4. The first-order valence-corrected chi connectivity index (χ1v) is 13.1. The van der Waals surface area contributed by atoms with Crippen molar-refractivity contribution in [1.29, 1.82) is 0 Å². The molecule has 1 aliphatic rings. The molecule has 1 amide bonds. The molecule has 1 saturated heterocycles. The number of piperidine rings is 1. The molecule has 0 saturated carbocycles. The van der Waals surface area contributed by atoms with Gasteiger partial charge in [-0.05, 0) is 69.1 Å². The van der Waals surface area contributed by atoms with Crippen molar-refractivity contribution in [3.63, 3.8) is 0 Å². The third kappa shape index (κ3) is 6.24. The number of para-hydroxylation sites is 1. The molecule has 7 nitrogen and oxygen atoms in total. The molecule has 34 heavy (non-hydrogen) atoms. The maximum atomic E-state index is 13.4. The number of rotatable bonds is 10. The molecule has 0 aliphatic carbocycles. The van der Waals surface area contributed by atoms with Crippen LogP contribution < -0.4 is 10.9 Å². The second kappa shape index (κ2) is 12.1. The fourth-order valence-corrected chi connectivity index (χ4v) is 5.39. The van der Waals surface area contributed by atoms with Crippen molar-refractivity contribution >= 4 is 28.6 Å². The molecule has 180 valence electrons. The lowest BCUT2D eigenvalue weighted by atomic mass is 10.1. The van der Waals surface area contributed by atoms with Crippen LogP contribution in [0, 0.1) is 0 Å². The highest BCUT2D eigenvalue weighted by Crippen LogP contribution is 2.25. The van der Waals surface area contributed by atoms with E-state index in [2.05, 4.69) is 15.2 Å². The quantitative estimate of drug-likeness (QED) is 0.351. The van der Waals surface area contributed by atoms with Crippen molar-refractivity contribution in [2.45, 2.75) is 62.5 Å². The third-order valence-corrected chi connectivity index (χ3v) is 7.59. The number of pyridine rings is 1. The van der Waals surface area contributed by atoms with E-state index in [1.807, 2.05) is 43.3 Å². The van der Waals surface area contributed by atoms with Crippen LogP contribution >= 0.6 is 11.8 Å². The minimum Gasteiger partial charge on any atom is -0.351 e. The molecule has 1 unspecified atom stereocenters. The standard InChI is InChI=1S/C26H33N5O2S/c1-2-23(24(32)28-19-20-10-8-13-27-18-20)34-26-29-22-12-5-4-11-21(22)25(33)31(26)17-9-16-30-14-6-3-7-15-30/h4-5,8,10-13,18,23H,2-3,6-7,9,14-17,19H2,1H3,(H,28,32). The molecular weight excluding hydrogens is 446 g/mol. The Balaban J connectivity index is 1.50. The van der Waals surface area contributed by atoms with Crippen LogP contribution in [0.2, 0.25) is 0 Å². The minimum atomic E-state index is -0.335. The van der Waals surface area contributed by atoms with Gasteiger partial charge in [-0.3, -0.25) is 19.1 Å². The molecule has 1 fully saturated rings. The Bertz CT molecular complexity index is 1140. The number of hydrogen-bond acceptors (Lipinski definition) is 6. The van der Waals surface area contributed by atoms with Gasteiger partial charge < -0.3 is 10.2 Å². The Morgan fingerprint density at radius 1 is 1.12 bits per heavy atom. The Labute approximate surface area is 205 Å². The molecule has 0 radical (unpaired) electrons. The summed E-state index contributed by atoms with van der Waals surface area (Å²) in [6.07, 6.45) is 8.81. The number of amides is 1. The molecule has 0 bridgehead atoms. The first kappa shape index (κ1) is 24.4. The summed E-state index contributed by atoms with van der Waals surface area (Å²) in [6, 6.07) is 11.3. The lowest BCUT2D eigenvalue weighted by molar-refractivity contribution is -0.120. The van der Waals surface area contributed by atoms with Crippen LogP contribution in [-0.4, -0.2) is 50.2 Å². The third-order valence-electron chi connectivity index (χ3n) is 6.23. The average Bonchev–Trinajstić information content (AvgIpc) is 2.88. The van der Waals surface area contributed by atoms with E-state index >= 15 is 0 Å². The molecule has 1 aliphatic heterocycles. The van der Waals surface area contributed by atoms with Gasteiger partial charge in [0, 0.05) is 25.5 Å². The number of hydrogen-bond donors (Lipinski definition) is 1. The van der Waals surface area contributed by atoms with Gasteiger partial charge in [0.25, 0.3) is 5.56 Å². The van der Waals surface area contributed by atoms with Gasteiger partial charge in [-0.25, -0.2) is 4.98 Å². The summed E-state index contributed by atoms with van der Waals surface area (Å²) in [5.74, 6) is -0.0568. The molecule has 3 aromatic rings. The van der Waals surface area contributed by atoms with Gasteiger partial charge in [-0.2, -0.15) is 0 Å². The van der Waals surface area contributed by atoms with Gasteiger partial charge in [-0.15, -0.1) is 0 Å². The lowest BCUT2D eigenvalue weighted by Gasteiger charge is -2.26. The Kier molecular flexibility index (Phi) is 8.71. The summed E-state index contributed by atoms with van der Waals surface area (Å²) in [6.45, 7) is 6.27. The highest BCUT2D eigenvalue weighted by atomic mass is 32.2. The second-order valence-electron chi connectivity index (χ2n) is 8.72. The van der Waals surface area contributed by atoms with E-state index in [-0.39, 0.29) is 16.7 Å². The van der Waals surface area contributed by atoms with E-state index in [0.29, 0.717) is 35.6 Å². The lowest BCUT2D eigenvalue weighted by Crippen LogP contribution is -2.34. The highest BCUT2D eigenvalue weighted by molar-refractivity contribution is 8.00. The van der Waals surface area contributed by atoms with Crippen molar-refractivity contribution in [3.05, 3.63) is 64.7 Å². The molecule has 1 aromatic carbocycles. The van der Waals surface area contributed by atoms with Crippen molar-refractivity contribution in [3.8, 4) is 0 Å². The van der Waals surface area contributed by atoms with Crippen molar-refractivity contribution in [1.82, 2.24) is 24.8 Å². The Morgan fingerprint density at radius 3 is 2.71 bits per heavy atom. The van der Waals surface area contributed by atoms with Crippen LogP contribution in [0.4, 0.5) is 0 Å². The maximum Gasteiger partial charge on any atom is 0.262 e. The molecule has 1 atom stereocenters. The zero-order valence-electron chi connectivity index (χ0n) is 19.8. The van der Waals surface area contributed by atoms with E-state index in [1.165, 1.54) is 31.0 Å². The van der Waals surface area contributed by atoms with Gasteiger partial charge in [0.1, 0.15) is 0 Å². The molecule has 3 heterocycles. The monoisotopic (exact) mass is 479 g/mol. The van der Waals surface area contributed by atoms with Crippen LogP contribution in [0.15, 0.2) is 58.7 Å². The Morgan fingerprint density at radius 2 is 1.94 bits per heavy atom. The first-order valence-electron chi connectivity index (χ1n) is 12.2. The fraction of sp³-hybridized carbons (Fsp3) is 0.462. The molecule has 4 rings (SSSR count). The first-order chi connectivity index (χ1) is 16.7. The summed E-state index contributed by atoms with van der Waals surface area (Å²) in [7, 11) is 0. The topological polar surface area (TPSA) is 80.1 Å². The van der Waals surface area contributed by atoms with Crippen LogP contribution in [0.25, 0.3) is 10.9 Å². The number of carbonyl (C=O) groups is 1. The zero-order valence-corrected chi connectivity index (χ0v) is 20.6. The number of carbonyl (C=O) groups excluding carboxylic acids is 1. The van der Waals surface area contributed by atoms with Crippen LogP contribution in [-0.2, 0) is 17.9 Å². The average molecular weight is 480 g/mol. The number of aromatic nitrogens is 3. The van der Waals surface area contributed by atoms with Crippen molar-refractivity contribution in [2.24, 2.45) is 0 Å². The summed E-state index contributed by atoms with van der Waals surface area (Å²) < 4.78 is 1.77. The molecular formula is C26H33N5O2S. The van der Waals surface area contributed by atoms with Crippen LogP contribution in [0.3, 0.4) is 0 Å². The molecule has 2 aromatic heterocycles. The number of fused-ring (bicyclic) bond motifs is 1. The van der Waals surface area contributed by atoms with Gasteiger partial charge in [0.15, 0.2) is 5.16 Å². The summed E-state index contributed by atoms with van der Waals surface area (Å²) in [5, 5.41) is 3.91. The number of likely N-dealkylation sites (tertiary alicyclic amines) is 1. The minimum absolute atomic E-state index is 0.0302. The van der Waals surface area contributed by atoms with Gasteiger partial charge >= 0.3 is 0 Å². The van der Waals surface area contributed by atoms with Crippen LogP contribution in [0.5, 0.6) is 0 Å². The Hall–Kier alpha value is -2.71. The molecule has 1 N–H and O–H groups in total. The number of thioether (sulfide) groups is 1. The predicted octanol–water partition coefficient (Wildman–Crippen LogP) is 3.85. The van der Waals surface area contributed by atoms with Gasteiger partial charge in [-0.1, -0.05) is 43.3 Å². The van der Waals surface area contributed by atoms with E-state index in [0.717, 1.165) is 31.6 Å². The van der Waals surface area contributed by atoms with E-state index in [4.69, 9.17) is 4.98 Å². The zero-order chi connectivity index (χ0) is 23.8. The second-order valence-corrected chi connectivity index (χ2v) is 9.89. The molecule has 8 heteroatoms. The SMILES string of the molecule is CCC(Sc1nc2ccccc2c(=O)n1CCCN1CCCCC1)C(=O)NCc1cccnc1. The smallest absolute Gasteiger partial charge is 0.262 e. The van der Waals surface area contributed by atoms with Crippen LogP contribution in [0.1, 0.15) is 44.6 Å². The van der Waals surface area contributed by atoms with Gasteiger partial charge in [0.05, 0.1) is 16.2 Å². The van der Waals surface area contributed by atoms with Crippen molar-refractivity contribution in [2.75, 3.05) is 19.6 Å². The summed E-state index contributed by atoms with van der Waals surface area (Å²) in [4.78, 5) is 37.7. The van der Waals surface area contributed by atoms with E-state index < -0.39 is 0 Å². The summed E-state index contributed by atoms with van der Waals surface area (Å²) in [5.41, 5.74) is 1.60. The highest BCUT2D eigenvalue weighted by Gasteiger charge is 2.22. The van der Waals surface area contributed by atoms with Crippen molar-refractivity contribution < 1.29 is 4.79 Å². The maximum absolute atomic E-state index is 13.4. The molecule has 0 spiro atoms. The largest absolute Gasteiger partial charge is 0.351 e.